The summed E-state index contributed by atoms with van der Waals surface area (Å²) in [6.45, 7) is 1.14. The summed E-state index contributed by atoms with van der Waals surface area (Å²) in [5.74, 6) is -1.77. The van der Waals surface area contributed by atoms with Gasteiger partial charge in [-0.05, 0) is 17.7 Å². The van der Waals surface area contributed by atoms with Crippen molar-refractivity contribution in [1.29, 1.82) is 0 Å². The molecular weight excluding hydrogens is 222 g/mol. The third-order valence-corrected chi connectivity index (χ3v) is 1.90. The first-order chi connectivity index (χ1) is 8.81. The van der Waals surface area contributed by atoms with Crippen LogP contribution in [0.5, 0.6) is 5.75 Å². The summed E-state index contributed by atoms with van der Waals surface area (Å²) in [6.07, 6.45) is -1.43. The van der Waals surface area contributed by atoms with Gasteiger partial charge in [-0.25, -0.2) is 4.79 Å². The maximum absolute atomic E-state index is 11.7. The Labute approximate surface area is 102 Å². The highest BCUT2D eigenvalue weighted by Crippen LogP contribution is 2.13. The number of carbonyl (C=O) groups excluding carboxylic acids is 2. The molecule has 1 aromatic rings. The van der Waals surface area contributed by atoms with Crippen LogP contribution in [-0.4, -0.2) is 30.1 Å². The molecule has 0 aromatic heterocycles. The number of methoxy groups -OCH3 is 1. The first kappa shape index (κ1) is 10.1. The summed E-state index contributed by atoms with van der Waals surface area (Å²) in [7, 11) is 1.07. The van der Waals surface area contributed by atoms with E-state index in [9.17, 15) is 14.7 Å². The van der Waals surface area contributed by atoms with E-state index >= 15 is 0 Å². The number of aromatic hydroxyl groups is 1. The van der Waals surface area contributed by atoms with E-state index in [0.717, 1.165) is 14.0 Å². The minimum Gasteiger partial charge on any atom is -0.508 e. The third kappa shape index (κ3) is 4.14. The normalized spacial score (nSPS) is 17.1. The number of phenols is 1. The predicted octanol–water partition coefficient (Wildman–Crippen LogP) is 0.612. The highest BCUT2D eigenvalue weighted by molar-refractivity contribution is 5.83. The third-order valence-electron chi connectivity index (χ3n) is 1.90. The molecule has 1 amide bonds. The molecule has 92 valence electrons. The molecule has 0 aliphatic rings. The number of benzene rings is 1. The van der Waals surface area contributed by atoms with Gasteiger partial charge in [-0.2, -0.15) is 0 Å². The average molecular weight is 239 g/mol. The van der Waals surface area contributed by atoms with Crippen molar-refractivity contribution in [1.82, 2.24) is 5.32 Å². The number of amides is 1. The van der Waals surface area contributed by atoms with Gasteiger partial charge >= 0.3 is 5.97 Å². The van der Waals surface area contributed by atoms with Crippen LogP contribution in [0.1, 0.15) is 15.2 Å². The van der Waals surface area contributed by atoms with Gasteiger partial charge in [0.05, 0.1) is 8.48 Å². The van der Waals surface area contributed by atoms with Gasteiger partial charge in [0.1, 0.15) is 11.8 Å². The molecule has 0 saturated carbocycles. The predicted molar refractivity (Wildman–Crippen MR) is 61.4 cm³/mol. The lowest BCUT2D eigenvalue weighted by molar-refractivity contribution is -0.144. The van der Waals surface area contributed by atoms with E-state index in [1.54, 1.807) is 0 Å². The van der Waals surface area contributed by atoms with Crippen LogP contribution in [0, 0.1) is 0 Å². The molecule has 0 saturated heterocycles. The molecule has 0 aliphatic heterocycles. The van der Waals surface area contributed by atoms with Gasteiger partial charge in [-0.3, -0.25) is 4.79 Å². The Morgan fingerprint density at radius 1 is 1.65 bits per heavy atom. The summed E-state index contributed by atoms with van der Waals surface area (Å²) < 4.78 is 20.4. The summed E-state index contributed by atoms with van der Waals surface area (Å²) in [6, 6.07) is 3.35. The topological polar surface area (TPSA) is 75.6 Å². The van der Waals surface area contributed by atoms with Crippen molar-refractivity contribution in [3.63, 3.8) is 0 Å². The van der Waals surface area contributed by atoms with E-state index in [-0.39, 0.29) is 11.3 Å². The van der Waals surface area contributed by atoms with Gasteiger partial charge in [0.25, 0.3) is 0 Å². The van der Waals surface area contributed by atoms with Crippen LogP contribution in [0.15, 0.2) is 24.3 Å². The Hall–Kier alpha value is -2.04. The number of rotatable bonds is 4. The van der Waals surface area contributed by atoms with Crippen LogP contribution in [-0.2, 0) is 20.7 Å². The molecule has 2 atom stereocenters. The van der Waals surface area contributed by atoms with Gasteiger partial charge in [0.2, 0.25) is 5.91 Å². The molecule has 0 bridgehead atoms. The van der Waals surface area contributed by atoms with E-state index in [2.05, 4.69) is 10.1 Å². The lowest BCUT2D eigenvalue weighted by atomic mass is 10.1. The van der Waals surface area contributed by atoms with Crippen molar-refractivity contribution in [3.8, 4) is 5.75 Å². The Morgan fingerprint density at radius 3 is 2.88 bits per heavy atom. The van der Waals surface area contributed by atoms with E-state index in [4.69, 9.17) is 2.74 Å². The summed E-state index contributed by atoms with van der Waals surface area (Å²) in [5.41, 5.74) is 0.217. The molecule has 5 nitrogen and oxygen atoms in total. The van der Waals surface area contributed by atoms with E-state index in [0.29, 0.717) is 0 Å². The number of nitrogens with one attached hydrogen (secondary N) is 1. The minimum absolute atomic E-state index is 0.0928. The standard InChI is InChI=1S/C12H15NO4/c1-8(14)13-11(12(16)17-2)7-9-4-3-5-10(15)6-9/h3-6,11,15H,7H2,1-2H3,(H,13,14)/t11-/m1/s1/i7D,11D/t7-,11-. The maximum atomic E-state index is 11.7. The number of esters is 1. The quantitative estimate of drug-likeness (QED) is 0.755. The molecule has 2 N–H and O–H groups in total. The minimum atomic E-state index is -2.27. The summed E-state index contributed by atoms with van der Waals surface area (Å²) >= 11 is 0. The van der Waals surface area contributed by atoms with Gasteiger partial charge < -0.3 is 15.2 Å². The monoisotopic (exact) mass is 239 g/mol. The Balaban J connectivity index is 3.17. The van der Waals surface area contributed by atoms with Crippen LogP contribution in [0.25, 0.3) is 0 Å². The fourth-order valence-electron chi connectivity index (χ4n) is 1.23. The van der Waals surface area contributed by atoms with Crippen LogP contribution in [0.4, 0.5) is 0 Å². The average Bonchev–Trinajstić information content (AvgIpc) is 2.35. The van der Waals surface area contributed by atoms with E-state index in [1.807, 2.05) is 0 Å². The number of phenolic OH excluding ortho intramolecular Hbond substituents is 1. The number of ether oxygens (including phenoxy) is 1. The Bertz CT molecular complexity index is 494. The first-order valence-corrected chi connectivity index (χ1v) is 4.89. The second-order valence-electron chi connectivity index (χ2n) is 3.33. The van der Waals surface area contributed by atoms with Gasteiger partial charge in [0, 0.05) is 14.7 Å². The molecule has 0 fully saturated rings. The molecule has 0 radical (unpaired) electrons. The summed E-state index contributed by atoms with van der Waals surface area (Å²) in [5, 5.41) is 11.5. The lowest BCUT2D eigenvalue weighted by Gasteiger charge is -2.15. The second kappa shape index (κ2) is 5.89. The van der Waals surface area contributed by atoms with Crippen molar-refractivity contribution in [2.45, 2.75) is 19.3 Å². The van der Waals surface area contributed by atoms with Crippen LogP contribution >= 0.6 is 0 Å². The van der Waals surface area contributed by atoms with Crippen LogP contribution < -0.4 is 5.32 Å². The Morgan fingerprint density at radius 2 is 2.35 bits per heavy atom. The van der Waals surface area contributed by atoms with Crippen molar-refractivity contribution in [2.75, 3.05) is 7.11 Å². The maximum Gasteiger partial charge on any atom is 0.328 e. The number of carbonyl (C=O) groups is 2. The van der Waals surface area contributed by atoms with Crippen LogP contribution in [0.2, 0.25) is 0 Å². The molecule has 0 spiro atoms. The van der Waals surface area contributed by atoms with Gasteiger partial charge in [-0.1, -0.05) is 12.1 Å². The fraction of sp³-hybridized carbons (Fsp3) is 0.333. The lowest BCUT2D eigenvalue weighted by Crippen LogP contribution is -2.41. The fourth-order valence-corrected chi connectivity index (χ4v) is 1.23. The molecule has 1 rings (SSSR count). The number of hydrogen-bond acceptors (Lipinski definition) is 4. The molecule has 0 aliphatic carbocycles. The second-order valence-corrected chi connectivity index (χ2v) is 3.33. The molecule has 17 heavy (non-hydrogen) atoms. The highest BCUT2D eigenvalue weighted by atomic mass is 16.5. The van der Waals surface area contributed by atoms with E-state index in [1.165, 1.54) is 24.3 Å². The zero-order valence-corrected chi connectivity index (χ0v) is 9.56. The smallest absolute Gasteiger partial charge is 0.328 e. The van der Waals surface area contributed by atoms with Crippen molar-refractivity contribution in [2.24, 2.45) is 0 Å². The van der Waals surface area contributed by atoms with E-state index < -0.39 is 24.3 Å². The first-order valence-electron chi connectivity index (χ1n) is 5.97. The van der Waals surface area contributed by atoms with Crippen molar-refractivity contribution >= 4 is 11.9 Å². The van der Waals surface area contributed by atoms with Gasteiger partial charge in [0.15, 0.2) is 0 Å². The van der Waals surface area contributed by atoms with Gasteiger partial charge in [-0.15, -0.1) is 0 Å². The summed E-state index contributed by atoms with van der Waals surface area (Å²) in [4.78, 5) is 22.8. The molecular formula is C12H15NO4. The zero-order valence-electron chi connectivity index (χ0n) is 11.6. The molecule has 0 heterocycles. The molecule has 1 aromatic carbocycles. The molecule has 5 heteroatoms. The van der Waals surface area contributed by atoms with Crippen LogP contribution in [0.3, 0.4) is 0 Å². The number of hydrogen-bond donors (Lipinski definition) is 2. The largest absolute Gasteiger partial charge is 0.508 e. The van der Waals surface area contributed by atoms with Crippen molar-refractivity contribution in [3.05, 3.63) is 29.8 Å². The SMILES string of the molecule is [2H][C@H](c1cccc(O)c1)[C@@]([2H])(NC(C)=O)C(=O)OC. The highest BCUT2D eigenvalue weighted by Gasteiger charge is 2.20. The molecule has 0 unspecified atom stereocenters. The Kier molecular flexibility index (Phi) is 3.51. The van der Waals surface area contributed by atoms with Crippen molar-refractivity contribution < 1.29 is 22.2 Å². The zero-order chi connectivity index (χ0) is 14.6.